The molecule has 1 N–H and O–H groups in total. The number of likely N-dealkylation sites (tertiary alicyclic amines) is 1. The molecule has 1 aliphatic rings. The fraction of sp³-hybridized carbons (Fsp3) is 0.438. The van der Waals surface area contributed by atoms with Gasteiger partial charge in [0.2, 0.25) is 5.91 Å². The number of fused-ring (bicyclic) bond motifs is 1. The first kappa shape index (κ1) is 14.9. The zero-order valence-electron chi connectivity index (χ0n) is 12.3. The van der Waals surface area contributed by atoms with E-state index in [2.05, 4.69) is 16.3 Å². The molecule has 0 unspecified atom stereocenters. The summed E-state index contributed by atoms with van der Waals surface area (Å²) in [6.45, 7) is 1.73. The van der Waals surface area contributed by atoms with Crippen LogP contribution in [0.4, 0.5) is 0 Å². The Morgan fingerprint density at radius 2 is 2.36 bits per heavy atom. The number of carbonyl (C=O) groups is 1. The van der Waals surface area contributed by atoms with Crippen LogP contribution < -0.4 is 5.32 Å². The number of amides is 1. The molecule has 1 aromatic heterocycles. The van der Waals surface area contributed by atoms with Gasteiger partial charge in [0.05, 0.1) is 35.3 Å². The average molecular weight is 314 g/mol. The van der Waals surface area contributed by atoms with Gasteiger partial charge in [0.25, 0.3) is 0 Å². The number of thiazole rings is 1. The molecule has 0 radical (unpaired) electrons. The predicted octanol–water partition coefficient (Wildman–Crippen LogP) is 2.46. The van der Waals surface area contributed by atoms with Gasteiger partial charge >= 0.3 is 0 Å². The van der Waals surface area contributed by atoms with Crippen molar-refractivity contribution < 1.29 is 4.79 Å². The van der Waals surface area contributed by atoms with E-state index in [1.807, 2.05) is 24.3 Å². The van der Waals surface area contributed by atoms with Crippen molar-refractivity contribution in [2.24, 2.45) is 0 Å². The molecule has 0 saturated carbocycles. The molecule has 114 valence electrons. The molecular weight excluding hydrogens is 296 g/mol. The number of nitrogens with zero attached hydrogens (tertiary/aromatic N) is 3. The van der Waals surface area contributed by atoms with Gasteiger partial charge in [0.1, 0.15) is 5.01 Å². The topological polar surface area (TPSA) is 69.0 Å². The third-order valence-corrected chi connectivity index (χ3v) is 5.00. The van der Waals surface area contributed by atoms with Gasteiger partial charge in [-0.3, -0.25) is 9.69 Å². The summed E-state index contributed by atoms with van der Waals surface area (Å²) in [6, 6.07) is 10.4. The van der Waals surface area contributed by atoms with Crippen LogP contribution in [0.3, 0.4) is 0 Å². The van der Waals surface area contributed by atoms with E-state index in [0.717, 1.165) is 29.9 Å². The zero-order valence-corrected chi connectivity index (χ0v) is 13.1. The minimum atomic E-state index is -0.0109. The number of benzene rings is 1. The Kier molecular flexibility index (Phi) is 4.66. The maximum Gasteiger partial charge on any atom is 0.234 e. The molecule has 1 fully saturated rings. The van der Waals surface area contributed by atoms with Crippen molar-refractivity contribution in [2.45, 2.75) is 25.3 Å². The first-order valence-corrected chi connectivity index (χ1v) is 8.33. The van der Waals surface area contributed by atoms with Crippen LogP contribution in [-0.4, -0.2) is 35.4 Å². The number of nitriles is 1. The zero-order chi connectivity index (χ0) is 15.4. The van der Waals surface area contributed by atoms with Gasteiger partial charge in [-0.1, -0.05) is 12.1 Å². The molecule has 6 heteroatoms. The van der Waals surface area contributed by atoms with Crippen LogP contribution in [0.25, 0.3) is 10.2 Å². The van der Waals surface area contributed by atoms with Crippen LogP contribution in [0, 0.1) is 11.3 Å². The third-order valence-electron chi connectivity index (χ3n) is 3.86. The summed E-state index contributed by atoms with van der Waals surface area (Å²) >= 11 is 1.72. The van der Waals surface area contributed by atoms with Gasteiger partial charge in [-0.15, -0.1) is 11.3 Å². The smallest absolute Gasteiger partial charge is 0.234 e. The lowest BCUT2D eigenvalue weighted by Crippen LogP contribution is -2.37. The summed E-state index contributed by atoms with van der Waals surface area (Å²) in [4.78, 5) is 18.9. The standard InChI is InChI=1S/C16H18N4OS/c17-8-4-9-18-15(21)11-20-10-3-6-13(20)16-19-12-5-1-2-7-14(12)22-16/h1-2,5,7,13H,3-4,6,9-11H2,(H,18,21)/t13-/m1/s1. The van der Waals surface area contributed by atoms with E-state index in [0.29, 0.717) is 19.5 Å². The lowest BCUT2D eigenvalue weighted by atomic mass is 10.2. The highest BCUT2D eigenvalue weighted by Crippen LogP contribution is 2.35. The van der Waals surface area contributed by atoms with Crippen molar-refractivity contribution in [3.63, 3.8) is 0 Å². The van der Waals surface area contributed by atoms with Crippen LogP contribution in [0.1, 0.15) is 30.3 Å². The molecule has 1 saturated heterocycles. The highest BCUT2D eigenvalue weighted by molar-refractivity contribution is 7.18. The number of nitrogens with one attached hydrogen (secondary N) is 1. The minimum absolute atomic E-state index is 0.0109. The number of hydrogen-bond acceptors (Lipinski definition) is 5. The van der Waals surface area contributed by atoms with Gasteiger partial charge in [-0.25, -0.2) is 4.98 Å². The second kappa shape index (κ2) is 6.86. The summed E-state index contributed by atoms with van der Waals surface area (Å²) in [5.74, 6) is -0.0109. The molecule has 3 rings (SSSR count). The Morgan fingerprint density at radius 1 is 1.50 bits per heavy atom. The number of hydrogen-bond donors (Lipinski definition) is 1. The number of aromatic nitrogens is 1. The summed E-state index contributed by atoms with van der Waals surface area (Å²) < 4.78 is 1.20. The molecule has 2 aromatic rings. The Labute approximate surface area is 133 Å². The van der Waals surface area contributed by atoms with Gasteiger partial charge in [-0.05, 0) is 31.5 Å². The van der Waals surface area contributed by atoms with Crippen LogP contribution in [0.2, 0.25) is 0 Å². The highest BCUT2D eigenvalue weighted by atomic mass is 32.1. The predicted molar refractivity (Wildman–Crippen MR) is 86.4 cm³/mol. The van der Waals surface area contributed by atoms with E-state index in [1.165, 1.54) is 4.70 Å². The Hall–Kier alpha value is -1.97. The number of rotatable bonds is 5. The SMILES string of the molecule is N#CCCNC(=O)CN1CCC[C@@H]1c1nc2ccccc2s1. The third kappa shape index (κ3) is 3.26. The number of para-hydroxylation sites is 1. The maximum absolute atomic E-state index is 11.9. The van der Waals surface area contributed by atoms with E-state index >= 15 is 0 Å². The van der Waals surface area contributed by atoms with Gasteiger partial charge in [0, 0.05) is 6.54 Å². The van der Waals surface area contributed by atoms with Crippen LogP contribution in [-0.2, 0) is 4.79 Å². The fourth-order valence-electron chi connectivity index (χ4n) is 2.83. The van der Waals surface area contributed by atoms with Crippen LogP contribution in [0.5, 0.6) is 0 Å². The average Bonchev–Trinajstić information content (AvgIpc) is 3.13. The molecular formula is C16H18N4OS. The Bertz CT molecular complexity index is 672. The largest absolute Gasteiger partial charge is 0.354 e. The van der Waals surface area contributed by atoms with E-state index in [9.17, 15) is 4.79 Å². The second-order valence-corrected chi connectivity index (χ2v) is 6.47. The van der Waals surface area contributed by atoms with Crippen molar-refractivity contribution in [3.05, 3.63) is 29.3 Å². The normalized spacial score (nSPS) is 18.4. The molecule has 1 aliphatic heterocycles. The lowest BCUT2D eigenvalue weighted by Gasteiger charge is -2.21. The van der Waals surface area contributed by atoms with Gasteiger partial charge in [0.15, 0.2) is 0 Å². The van der Waals surface area contributed by atoms with Crippen molar-refractivity contribution in [1.29, 1.82) is 5.26 Å². The minimum Gasteiger partial charge on any atom is -0.354 e. The van der Waals surface area contributed by atoms with E-state index < -0.39 is 0 Å². The van der Waals surface area contributed by atoms with Crippen LogP contribution >= 0.6 is 11.3 Å². The summed E-state index contributed by atoms with van der Waals surface area (Å²) in [7, 11) is 0. The van der Waals surface area contributed by atoms with Crippen molar-refractivity contribution in [2.75, 3.05) is 19.6 Å². The molecule has 1 atom stereocenters. The second-order valence-electron chi connectivity index (χ2n) is 5.41. The molecule has 0 aliphatic carbocycles. The lowest BCUT2D eigenvalue weighted by molar-refractivity contribution is -0.122. The monoisotopic (exact) mass is 314 g/mol. The number of carbonyl (C=O) groups excluding carboxylic acids is 1. The van der Waals surface area contributed by atoms with Crippen molar-refractivity contribution >= 4 is 27.5 Å². The molecule has 2 heterocycles. The first-order valence-electron chi connectivity index (χ1n) is 7.51. The molecule has 5 nitrogen and oxygen atoms in total. The molecule has 1 aromatic carbocycles. The molecule has 22 heavy (non-hydrogen) atoms. The summed E-state index contributed by atoms with van der Waals surface area (Å²) in [5.41, 5.74) is 1.04. The summed E-state index contributed by atoms with van der Waals surface area (Å²) in [5, 5.41) is 12.4. The maximum atomic E-state index is 11.9. The van der Waals surface area contributed by atoms with Gasteiger partial charge < -0.3 is 5.32 Å². The fourth-order valence-corrected chi connectivity index (χ4v) is 3.96. The van der Waals surface area contributed by atoms with Crippen LogP contribution in [0.15, 0.2) is 24.3 Å². The quantitative estimate of drug-likeness (QED) is 0.861. The molecule has 1 amide bonds. The van der Waals surface area contributed by atoms with Crippen molar-refractivity contribution in [3.8, 4) is 6.07 Å². The van der Waals surface area contributed by atoms with Gasteiger partial charge in [-0.2, -0.15) is 5.26 Å². The molecule has 0 bridgehead atoms. The molecule has 0 spiro atoms. The van der Waals surface area contributed by atoms with E-state index in [4.69, 9.17) is 10.2 Å². The highest BCUT2D eigenvalue weighted by Gasteiger charge is 2.29. The Morgan fingerprint density at radius 3 is 3.18 bits per heavy atom. The van der Waals surface area contributed by atoms with Crippen molar-refractivity contribution in [1.82, 2.24) is 15.2 Å². The Balaban J connectivity index is 1.67. The van der Waals surface area contributed by atoms with E-state index in [1.54, 1.807) is 11.3 Å². The summed E-state index contributed by atoms with van der Waals surface area (Å²) in [6.07, 6.45) is 2.49. The van der Waals surface area contributed by atoms with E-state index in [-0.39, 0.29) is 11.9 Å². The first-order chi connectivity index (χ1) is 10.8.